The Kier molecular flexibility index (Phi) is 3.63. The highest BCUT2D eigenvalue weighted by atomic mass is 32.2. The monoisotopic (exact) mass is 264 g/mol. The van der Waals surface area contributed by atoms with Crippen molar-refractivity contribution in [3.8, 4) is 0 Å². The number of thiophene rings is 1. The van der Waals surface area contributed by atoms with Crippen LogP contribution >= 0.6 is 11.3 Å². The zero-order valence-corrected chi connectivity index (χ0v) is 11.1. The lowest BCUT2D eigenvalue weighted by atomic mass is 10.1. The maximum absolute atomic E-state index is 12.0. The second-order valence-electron chi connectivity index (χ2n) is 4.27. The van der Waals surface area contributed by atoms with Gasteiger partial charge in [-0.15, -0.1) is 11.3 Å². The van der Waals surface area contributed by atoms with E-state index >= 15 is 0 Å². The molecular weight excluding hydrogens is 248 g/mol. The number of anilines is 1. The third-order valence-corrected chi connectivity index (χ3v) is 5.11. The standard InChI is InChI=1S/C9H16N2O3S2/c1-9(2,12)6-11(3)16(13,14)8-4-7(10)5-15-8/h4-5,12H,6,10H2,1-3H3. The number of nitrogen functional groups attached to an aromatic ring is 1. The van der Waals surface area contributed by atoms with Crippen LogP contribution < -0.4 is 5.73 Å². The lowest BCUT2D eigenvalue weighted by molar-refractivity contribution is 0.0640. The number of hydrogen-bond acceptors (Lipinski definition) is 5. The first-order valence-corrected chi connectivity index (χ1v) is 6.97. The summed E-state index contributed by atoms with van der Waals surface area (Å²) in [5, 5.41) is 11.2. The van der Waals surface area contributed by atoms with Crippen molar-refractivity contribution in [2.75, 3.05) is 19.3 Å². The largest absolute Gasteiger partial charge is 0.398 e. The average Bonchev–Trinajstić information content (AvgIpc) is 2.48. The molecule has 0 saturated carbocycles. The van der Waals surface area contributed by atoms with Crippen LogP contribution in [0.25, 0.3) is 0 Å². The van der Waals surface area contributed by atoms with E-state index in [1.165, 1.54) is 13.1 Å². The van der Waals surface area contributed by atoms with Crippen LogP contribution in [0.15, 0.2) is 15.7 Å². The molecule has 1 aromatic heterocycles. The molecule has 0 unspecified atom stereocenters. The molecule has 1 heterocycles. The second-order valence-corrected chi connectivity index (χ2v) is 7.46. The van der Waals surface area contributed by atoms with Gasteiger partial charge < -0.3 is 10.8 Å². The predicted octanol–water partition coefficient (Wildman–Crippen LogP) is 0.722. The topological polar surface area (TPSA) is 83.6 Å². The Morgan fingerprint density at radius 2 is 2.12 bits per heavy atom. The molecule has 16 heavy (non-hydrogen) atoms. The summed E-state index contributed by atoms with van der Waals surface area (Å²) in [4.78, 5) is 0. The number of sulfonamides is 1. The van der Waals surface area contributed by atoms with Gasteiger partial charge in [-0.05, 0) is 19.9 Å². The summed E-state index contributed by atoms with van der Waals surface area (Å²) >= 11 is 1.07. The highest BCUT2D eigenvalue weighted by Gasteiger charge is 2.27. The maximum Gasteiger partial charge on any atom is 0.252 e. The van der Waals surface area contributed by atoms with Gasteiger partial charge in [-0.3, -0.25) is 0 Å². The van der Waals surface area contributed by atoms with E-state index in [2.05, 4.69) is 0 Å². The molecule has 5 nitrogen and oxygen atoms in total. The van der Waals surface area contributed by atoms with Crippen molar-refractivity contribution in [3.63, 3.8) is 0 Å². The Hall–Kier alpha value is -0.630. The SMILES string of the molecule is CN(CC(C)(C)O)S(=O)(=O)c1cc(N)cs1. The first kappa shape index (κ1) is 13.4. The quantitative estimate of drug-likeness (QED) is 0.839. The summed E-state index contributed by atoms with van der Waals surface area (Å²) in [5.41, 5.74) is 4.85. The van der Waals surface area contributed by atoms with Crippen LogP contribution in [-0.2, 0) is 10.0 Å². The van der Waals surface area contributed by atoms with E-state index in [1.807, 2.05) is 0 Å². The van der Waals surface area contributed by atoms with Crippen LogP contribution in [0.4, 0.5) is 5.69 Å². The van der Waals surface area contributed by atoms with Gasteiger partial charge >= 0.3 is 0 Å². The second kappa shape index (κ2) is 4.33. The molecule has 3 N–H and O–H groups in total. The van der Waals surface area contributed by atoms with Crippen molar-refractivity contribution in [3.05, 3.63) is 11.4 Å². The smallest absolute Gasteiger partial charge is 0.252 e. The van der Waals surface area contributed by atoms with Gasteiger partial charge in [0.25, 0.3) is 10.0 Å². The number of rotatable bonds is 4. The number of nitrogens with two attached hydrogens (primary N) is 1. The zero-order chi connectivity index (χ0) is 12.6. The Morgan fingerprint density at radius 1 is 1.56 bits per heavy atom. The third kappa shape index (κ3) is 3.18. The molecule has 1 aromatic rings. The molecule has 0 amide bonds. The van der Waals surface area contributed by atoms with E-state index in [9.17, 15) is 13.5 Å². The van der Waals surface area contributed by atoms with Crippen molar-refractivity contribution in [1.29, 1.82) is 0 Å². The normalized spacial score (nSPS) is 13.3. The van der Waals surface area contributed by atoms with Gasteiger partial charge in [-0.1, -0.05) is 0 Å². The minimum Gasteiger partial charge on any atom is -0.398 e. The highest BCUT2D eigenvalue weighted by molar-refractivity contribution is 7.91. The van der Waals surface area contributed by atoms with E-state index in [0.717, 1.165) is 15.6 Å². The van der Waals surface area contributed by atoms with E-state index < -0.39 is 15.6 Å². The van der Waals surface area contributed by atoms with E-state index in [4.69, 9.17) is 5.73 Å². The van der Waals surface area contributed by atoms with Crippen molar-refractivity contribution >= 4 is 27.0 Å². The number of aliphatic hydroxyl groups is 1. The van der Waals surface area contributed by atoms with Gasteiger partial charge in [0.15, 0.2) is 0 Å². The van der Waals surface area contributed by atoms with Gasteiger partial charge in [0.2, 0.25) is 0 Å². The Labute approximate surface area is 99.6 Å². The average molecular weight is 264 g/mol. The molecule has 0 aliphatic rings. The molecule has 7 heteroatoms. The van der Waals surface area contributed by atoms with Crippen LogP contribution in [-0.4, -0.2) is 37.0 Å². The maximum atomic E-state index is 12.0. The van der Waals surface area contributed by atoms with E-state index in [0.29, 0.717) is 5.69 Å². The lowest BCUT2D eigenvalue weighted by Crippen LogP contribution is -2.39. The highest BCUT2D eigenvalue weighted by Crippen LogP contribution is 2.25. The van der Waals surface area contributed by atoms with Crippen LogP contribution in [0.2, 0.25) is 0 Å². The van der Waals surface area contributed by atoms with Gasteiger partial charge in [-0.2, -0.15) is 4.31 Å². The fraction of sp³-hybridized carbons (Fsp3) is 0.556. The lowest BCUT2D eigenvalue weighted by Gasteiger charge is -2.24. The first-order valence-electron chi connectivity index (χ1n) is 4.66. The number of hydrogen-bond donors (Lipinski definition) is 2. The summed E-state index contributed by atoms with van der Waals surface area (Å²) in [5.74, 6) is 0. The summed E-state index contributed by atoms with van der Waals surface area (Å²) in [6.07, 6.45) is 0. The van der Waals surface area contributed by atoms with Crippen LogP contribution in [0.3, 0.4) is 0 Å². The summed E-state index contributed by atoms with van der Waals surface area (Å²) in [7, 11) is -2.11. The Balaban J connectivity index is 2.95. The zero-order valence-electron chi connectivity index (χ0n) is 9.47. The Morgan fingerprint density at radius 3 is 2.50 bits per heavy atom. The number of likely N-dealkylation sites (N-methyl/N-ethyl adjacent to an activating group) is 1. The molecule has 0 fully saturated rings. The van der Waals surface area contributed by atoms with Gasteiger partial charge in [0, 0.05) is 24.7 Å². The summed E-state index contributed by atoms with van der Waals surface area (Å²) in [6, 6.07) is 1.42. The molecular formula is C9H16N2O3S2. The van der Waals surface area contributed by atoms with Crippen molar-refractivity contribution in [2.45, 2.75) is 23.7 Å². The van der Waals surface area contributed by atoms with Gasteiger partial charge in [0.1, 0.15) is 4.21 Å². The molecule has 92 valence electrons. The van der Waals surface area contributed by atoms with Crippen LogP contribution in [0, 0.1) is 0 Å². The molecule has 1 rings (SSSR count). The Bertz CT molecular complexity index is 459. The van der Waals surface area contributed by atoms with Gasteiger partial charge in [0.05, 0.1) is 5.60 Å². The fourth-order valence-corrected chi connectivity index (χ4v) is 3.86. The summed E-state index contributed by atoms with van der Waals surface area (Å²) in [6.45, 7) is 3.15. The van der Waals surface area contributed by atoms with E-state index in [1.54, 1.807) is 19.2 Å². The van der Waals surface area contributed by atoms with Crippen LogP contribution in [0.1, 0.15) is 13.8 Å². The predicted molar refractivity (Wildman–Crippen MR) is 64.8 cm³/mol. The molecule has 0 bridgehead atoms. The van der Waals surface area contributed by atoms with Crippen LogP contribution in [0.5, 0.6) is 0 Å². The van der Waals surface area contributed by atoms with Crippen molar-refractivity contribution in [2.24, 2.45) is 0 Å². The first-order chi connectivity index (χ1) is 7.13. The summed E-state index contributed by atoms with van der Waals surface area (Å²) < 4.78 is 25.3. The van der Waals surface area contributed by atoms with Gasteiger partial charge in [-0.25, -0.2) is 8.42 Å². The molecule has 0 atom stereocenters. The number of nitrogens with zero attached hydrogens (tertiary/aromatic N) is 1. The minimum atomic E-state index is -3.54. The van der Waals surface area contributed by atoms with E-state index in [-0.39, 0.29) is 10.8 Å². The van der Waals surface area contributed by atoms with Crippen molar-refractivity contribution < 1.29 is 13.5 Å². The minimum absolute atomic E-state index is 0.0349. The third-order valence-electron chi connectivity index (χ3n) is 1.87. The fourth-order valence-electron chi connectivity index (χ4n) is 1.25. The van der Waals surface area contributed by atoms with Crippen molar-refractivity contribution in [1.82, 2.24) is 4.31 Å². The molecule has 0 aliphatic heterocycles. The molecule has 0 aromatic carbocycles. The molecule has 0 spiro atoms. The molecule has 0 saturated heterocycles. The molecule has 0 aliphatic carbocycles. The molecule has 0 radical (unpaired) electrons.